The van der Waals surface area contributed by atoms with Gasteiger partial charge in [0.1, 0.15) is 0 Å². The zero-order valence-corrected chi connectivity index (χ0v) is 19.4. The Kier molecular flexibility index (Phi) is 5.59. The van der Waals surface area contributed by atoms with Crippen LogP contribution < -0.4 is 16.0 Å². The summed E-state index contributed by atoms with van der Waals surface area (Å²) >= 11 is 0. The van der Waals surface area contributed by atoms with Crippen LogP contribution in [0.5, 0.6) is 0 Å². The molecule has 0 aliphatic carbocycles. The molecule has 6 rings (SSSR count). The van der Waals surface area contributed by atoms with Crippen molar-refractivity contribution in [1.29, 1.82) is 0 Å². The highest BCUT2D eigenvalue weighted by Gasteiger charge is 2.19. The summed E-state index contributed by atoms with van der Waals surface area (Å²) in [7, 11) is 0. The smallest absolute Gasteiger partial charge is 0.256 e. The Morgan fingerprint density at radius 3 is 2.53 bits per heavy atom. The predicted octanol–water partition coefficient (Wildman–Crippen LogP) is 3.91. The molecule has 3 N–H and O–H groups in total. The van der Waals surface area contributed by atoms with Gasteiger partial charge in [-0.3, -0.25) is 4.79 Å². The Morgan fingerprint density at radius 2 is 1.69 bits per heavy atom. The molecule has 1 fully saturated rings. The summed E-state index contributed by atoms with van der Waals surface area (Å²) in [5.74, 6) is 0.668. The molecule has 1 aliphatic rings. The number of carbonyl (C=O) groups is 1. The highest BCUT2D eigenvalue weighted by atomic mass is 16.5. The van der Waals surface area contributed by atoms with Crippen molar-refractivity contribution >= 4 is 45.3 Å². The van der Waals surface area contributed by atoms with E-state index in [9.17, 15) is 4.79 Å². The normalized spacial score (nSPS) is 13.7. The first-order valence-electron chi connectivity index (χ1n) is 11.7. The van der Waals surface area contributed by atoms with E-state index in [4.69, 9.17) is 15.5 Å². The largest absolute Gasteiger partial charge is 0.378 e. The van der Waals surface area contributed by atoms with Crippen LogP contribution in [0.2, 0.25) is 0 Å². The van der Waals surface area contributed by atoms with Crippen molar-refractivity contribution in [3.63, 3.8) is 0 Å². The van der Waals surface area contributed by atoms with E-state index >= 15 is 0 Å². The molecule has 1 amide bonds. The van der Waals surface area contributed by atoms with Crippen molar-refractivity contribution in [2.75, 3.05) is 42.3 Å². The molecule has 1 aliphatic heterocycles. The van der Waals surface area contributed by atoms with Crippen LogP contribution >= 0.6 is 0 Å². The van der Waals surface area contributed by atoms with Crippen molar-refractivity contribution in [3.8, 4) is 11.3 Å². The number of nitrogens with one attached hydrogen (secondary N) is 1. The second kappa shape index (κ2) is 9.20. The summed E-state index contributed by atoms with van der Waals surface area (Å²) in [6.45, 7) is 2.63. The summed E-state index contributed by atoms with van der Waals surface area (Å²) in [4.78, 5) is 33.1. The molecule has 3 aromatic carbocycles. The molecule has 9 nitrogen and oxygen atoms in total. The third-order valence-electron chi connectivity index (χ3n) is 6.19. The number of anilines is 3. The van der Waals surface area contributed by atoms with Crippen LogP contribution in [-0.2, 0) is 4.74 Å². The Bertz CT molecular complexity index is 1580. The number of ether oxygens (including phenoxy) is 1. The van der Waals surface area contributed by atoms with Gasteiger partial charge in [-0.15, -0.1) is 0 Å². The number of hydrogen-bond donors (Lipinski definition) is 2. The molecule has 0 saturated carbocycles. The molecule has 1 saturated heterocycles. The van der Waals surface area contributed by atoms with Crippen LogP contribution in [0, 0.1) is 0 Å². The lowest BCUT2D eigenvalue weighted by Gasteiger charge is -2.28. The van der Waals surface area contributed by atoms with Crippen LogP contribution in [0.3, 0.4) is 0 Å². The number of amides is 1. The van der Waals surface area contributed by atoms with Crippen molar-refractivity contribution in [2.45, 2.75) is 0 Å². The first kappa shape index (κ1) is 21.9. The third kappa shape index (κ3) is 4.16. The van der Waals surface area contributed by atoms with Gasteiger partial charge in [0.15, 0.2) is 17.0 Å². The summed E-state index contributed by atoms with van der Waals surface area (Å²) in [6, 6.07) is 21.1. The fourth-order valence-electron chi connectivity index (χ4n) is 4.39. The molecule has 3 heterocycles. The summed E-state index contributed by atoms with van der Waals surface area (Å²) < 4.78 is 5.46. The van der Waals surface area contributed by atoms with Crippen LogP contribution in [0.1, 0.15) is 10.4 Å². The number of hydrogen-bond acceptors (Lipinski definition) is 8. The van der Waals surface area contributed by atoms with E-state index in [2.05, 4.69) is 25.2 Å². The monoisotopic (exact) mass is 477 g/mol. The van der Waals surface area contributed by atoms with Crippen molar-refractivity contribution in [3.05, 3.63) is 78.5 Å². The molecular weight excluding hydrogens is 454 g/mol. The van der Waals surface area contributed by atoms with E-state index in [0.29, 0.717) is 60.2 Å². The second-order valence-electron chi connectivity index (χ2n) is 8.49. The quantitative estimate of drug-likeness (QED) is 0.400. The first-order valence-corrected chi connectivity index (χ1v) is 11.7. The fraction of sp³-hybridized carbons (Fsp3) is 0.148. The van der Waals surface area contributed by atoms with Gasteiger partial charge < -0.3 is 20.7 Å². The lowest BCUT2D eigenvalue weighted by molar-refractivity contribution is 0.102. The van der Waals surface area contributed by atoms with E-state index < -0.39 is 0 Å². The predicted molar refractivity (Wildman–Crippen MR) is 140 cm³/mol. The summed E-state index contributed by atoms with van der Waals surface area (Å²) in [6.07, 6.45) is 1.67. The van der Waals surface area contributed by atoms with Crippen LogP contribution in [0.25, 0.3) is 33.2 Å². The van der Waals surface area contributed by atoms with Crippen molar-refractivity contribution < 1.29 is 9.53 Å². The lowest BCUT2D eigenvalue weighted by atomic mass is 10.0. The number of carbonyl (C=O) groups excluding carboxylic acids is 1. The maximum Gasteiger partial charge on any atom is 0.256 e. The molecule has 5 aromatic rings. The zero-order chi connectivity index (χ0) is 24.5. The number of nitrogens with two attached hydrogens (primary N) is 1. The number of aromatic nitrogens is 4. The zero-order valence-electron chi connectivity index (χ0n) is 19.4. The minimum absolute atomic E-state index is 0.157. The maximum absolute atomic E-state index is 13.0. The molecular formula is C27H23N7O2. The molecule has 178 valence electrons. The van der Waals surface area contributed by atoms with Crippen molar-refractivity contribution in [1.82, 2.24) is 19.9 Å². The molecule has 36 heavy (non-hydrogen) atoms. The number of fused-ring (bicyclic) bond motifs is 2. The van der Waals surface area contributed by atoms with Crippen LogP contribution in [0.15, 0.2) is 72.9 Å². The highest BCUT2D eigenvalue weighted by Crippen LogP contribution is 2.27. The minimum atomic E-state index is -0.157. The van der Waals surface area contributed by atoms with Crippen molar-refractivity contribution in [2.24, 2.45) is 0 Å². The standard InChI is InChI=1S/C27H23N7O2/c28-27-32-24-23(25(33-27)34-12-14-36-15-13-34)31-22(16-29-24)18-8-10-19(11-9-18)30-26(35)21-7-3-5-17-4-1-2-6-20(17)21/h1-11,16H,12-15H2,(H,30,35)(H2,28,29,32,33). The third-order valence-corrected chi connectivity index (χ3v) is 6.19. The average Bonchev–Trinajstić information content (AvgIpc) is 2.93. The van der Waals surface area contributed by atoms with Gasteiger partial charge in [-0.25, -0.2) is 9.97 Å². The lowest BCUT2D eigenvalue weighted by Crippen LogP contribution is -2.37. The maximum atomic E-state index is 13.0. The number of rotatable bonds is 4. The molecule has 0 bridgehead atoms. The van der Waals surface area contributed by atoms with Gasteiger partial charge in [-0.2, -0.15) is 9.97 Å². The Labute approximate surface area is 207 Å². The van der Waals surface area contributed by atoms with Gasteiger partial charge in [-0.1, -0.05) is 48.5 Å². The molecule has 0 unspecified atom stereocenters. The Hall–Kier alpha value is -4.63. The molecule has 0 radical (unpaired) electrons. The highest BCUT2D eigenvalue weighted by molar-refractivity contribution is 6.13. The average molecular weight is 478 g/mol. The SMILES string of the molecule is Nc1nc(N2CCOCC2)c2nc(-c3ccc(NC(=O)c4cccc5ccccc45)cc3)cnc2n1. The summed E-state index contributed by atoms with van der Waals surface area (Å²) in [5.41, 5.74) is 9.83. The molecule has 2 aromatic heterocycles. The van der Waals surface area contributed by atoms with Crippen LogP contribution in [-0.4, -0.2) is 52.1 Å². The number of morpholine rings is 1. The van der Waals surface area contributed by atoms with E-state index in [-0.39, 0.29) is 11.9 Å². The molecule has 0 spiro atoms. The van der Waals surface area contributed by atoms with Gasteiger partial charge in [-0.05, 0) is 29.0 Å². The van der Waals surface area contributed by atoms with Gasteiger partial charge in [0.2, 0.25) is 5.95 Å². The Morgan fingerprint density at radius 1 is 0.917 bits per heavy atom. The van der Waals surface area contributed by atoms with E-state index in [1.807, 2.05) is 66.7 Å². The molecule has 9 heteroatoms. The Balaban J connectivity index is 1.28. The number of benzene rings is 3. The summed E-state index contributed by atoms with van der Waals surface area (Å²) in [5, 5.41) is 4.93. The minimum Gasteiger partial charge on any atom is -0.378 e. The van der Waals surface area contributed by atoms with E-state index in [1.54, 1.807) is 6.20 Å². The molecule has 0 atom stereocenters. The first-order chi connectivity index (χ1) is 17.7. The second-order valence-corrected chi connectivity index (χ2v) is 8.49. The number of nitrogens with zero attached hydrogens (tertiary/aromatic N) is 5. The van der Waals surface area contributed by atoms with E-state index in [0.717, 1.165) is 16.3 Å². The topological polar surface area (TPSA) is 119 Å². The van der Waals surface area contributed by atoms with Gasteiger partial charge in [0.05, 0.1) is 25.1 Å². The fourth-order valence-corrected chi connectivity index (χ4v) is 4.39. The number of nitrogen functional groups attached to an aromatic ring is 1. The van der Waals surface area contributed by atoms with Gasteiger partial charge in [0.25, 0.3) is 5.91 Å². The van der Waals surface area contributed by atoms with Gasteiger partial charge in [0, 0.05) is 29.9 Å². The van der Waals surface area contributed by atoms with Crippen LogP contribution in [0.4, 0.5) is 17.5 Å². The van der Waals surface area contributed by atoms with Gasteiger partial charge >= 0.3 is 0 Å². The van der Waals surface area contributed by atoms with E-state index in [1.165, 1.54) is 0 Å².